The van der Waals surface area contributed by atoms with E-state index in [2.05, 4.69) is 59.9 Å². The summed E-state index contributed by atoms with van der Waals surface area (Å²) < 4.78 is 0.473. The Bertz CT molecular complexity index is 768. The van der Waals surface area contributed by atoms with Crippen molar-refractivity contribution in [2.24, 2.45) is 4.99 Å². The molecule has 2 aliphatic rings. The first kappa shape index (κ1) is 11.5. The van der Waals surface area contributed by atoms with E-state index in [1.165, 1.54) is 21.8 Å². The maximum atomic E-state index is 5.00. The van der Waals surface area contributed by atoms with Crippen molar-refractivity contribution >= 4 is 34.3 Å². The molecule has 0 radical (unpaired) electrons. The van der Waals surface area contributed by atoms with E-state index in [4.69, 9.17) is 4.99 Å². The normalized spacial score (nSPS) is 27.1. The third-order valence-electron chi connectivity index (χ3n) is 4.43. The number of rotatable bonds is 0. The topological polar surface area (TPSA) is 24.4 Å². The molecule has 94 valence electrons. The molecule has 0 aliphatic carbocycles. The van der Waals surface area contributed by atoms with Crippen LogP contribution in [0.1, 0.15) is 5.56 Å². The first-order valence-corrected chi connectivity index (χ1v) is 10.1. The number of hydrogen-bond donors (Lipinski definition) is 1. The zero-order valence-corrected chi connectivity index (χ0v) is 16.6. The predicted octanol–water partition coefficient (Wildman–Crippen LogP) is 0.155. The van der Waals surface area contributed by atoms with E-state index in [1.807, 2.05) is 0 Å². The molecule has 0 fully saturated rings. The van der Waals surface area contributed by atoms with Crippen LogP contribution in [-0.4, -0.2) is 33.1 Å². The number of hydrogen-bond acceptors (Lipinski definition) is 2. The Balaban J connectivity index is 2.02. The fraction of sp³-hybridized carbons (Fsp3) is 0.188. The summed E-state index contributed by atoms with van der Waals surface area (Å²) in [6.07, 6.45) is 2.45. The van der Waals surface area contributed by atoms with Crippen molar-refractivity contribution in [2.45, 2.75) is 9.47 Å². The molecule has 4 rings (SSSR count). The summed E-state index contributed by atoms with van der Waals surface area (Å²) in [6, 6.07) is 17.2. The van der Waals surface area contributed by atoms with Crippen molar-refractivity contribution in [1.82, 2.24) is 0 Å². The average molecular weight is 355 g/mol. The van der Waals surface area contributed by atoms with E-state index < -0.39 is 0 Å². The summed E-state index contributed by atoms with van der Waals surface area (Å²) in [6.45, 7) is 0.988. The van der Waals surface area contributed by atoms with Crippen molar-refractivity contribution in [1.29, 1.82) is 0 Å². The molecule has 2 unspecified atom stereocenters. The first-order chi connectivity index (χ1) is 9.29. The molecule has 1 N–H and O–H groups in total. The van der Waals surface area contributed by atoms with Crippen molar-refractivity contribution in [3.63, 3.8) is 0 Å². The Morgan fingerprint density at radius 2 is 1.89 bits per heavy atom. The zero-order chi connectivity index (χ0) is 12.9. The SMILES string of the molecule is [SnH3][CH]1N=c2ccccc2=CC12CNc1ccccc12. The van der Waals surface area contributed by atoms with Crippen LogP contribution < -0.4 is 15.9 Å². The molecular formula is C16H16N2Sn. The summed E-state index contributed by atoms with van der Waals surface area (Å²) in [5.41, 5.74) is 2.81. The van der Waals surface area contributed by atoms with Gasteiger partial charge in [-0.15, -0.1) is 0 Å². The van der Waals surface area contributed by atoms with Crippen molar-refractivity contribution < 1.29 is 0 Å². The monoisotopic (exact) mass is 356 g/mol. The molecule has 19 heavy (non-hydrogen) atoms. The van der Waals surface area contributed by atoms with Gasteiger partial charge in [-0.3, -0.25) is 0 Å². The summed E-state index contributed by atoms with van der Waals surface area (Å²) in [5, 5.41) is 6.02. The predicted molar refractivity (Wildman–Crippen MR) is 82.0 cm³/mol. The van der Waals surface area contributed by atoms with Crippen molar-refractivity contribution in [3.05, 3.63) is 64.7 Å². The number of fused-ring (bicyclic) bond motifs is 3. The molecule has 0 saturated heterocycles. The van der Waals surface area contributed by atoms with E-state index in [-0.39, 0.29) is 5.41 Å². The molecule has 0 bridgehead atoms. The molecule has 2 aromatic rings. The van der Waals surface area contributed by atoms with Crippen LogP contribution in [0.3, 0.4) is 0 Å². The van der Waals surface area contributed by atoms with E-state index >= 15 is 0 Å². The van der Waals surface area contributed by atoms with Crippen molar-refractivity contribution in [3.8, 4) is 0 Å². The van der Waals surface area contributed by atoms with E-state index in [0.717, 1.165) is 6.54 Å². The average Bonchev–Trinajstić information content (AvgIpc) is 2.81. The summed E-state index contributed by atoms with van der Waals surface area (Å²) >= 11 is 0.476. The number of nitrogens with one attached hydrogen (secondary N) is 1. The number of anilines is 1. The van der Waals surface area contributed by atoms with Crippen LogP contribution >= 0.6 is 0 Å². The van der Waals surface area contributed by atoms with Gasteiger partial charge in [-0.2, -0.15) is 0 Å². The van der Waals surface area contributed by atoms with Crippen LogP contribution in [0.5, 0.6) is 0 Å². The Labute approximate surface area is 125 Å². The van der Waals surface area contributed by atoms with Gasteiger partial charge in [-0.25, -0.2) is 0 Å². The maximum absolute atomic E-state index is 5.00. The Hall–Kier alpha value is -1.29. The van der Waals surface area contributed by atoms with Gasteiger partial charge in [0.25, 0.3) is 0 Å². The van der Waals surface area contributed by atoms with Crippen LogP contribution in [0.4, 0.5) is 5.69 Å². The molecule has 0 amide bonds. The van der Waals surface area contributed by atoms with Crippen LogP contribution in [0.15, 0.2) is 53.5 Å². The molecule has 0 saturated carbocycles. The van der Waals surface area contributed by atoms with Gasteiger partial charge in [-0.1, -0.05) is 0 Å². The third-order valence-corrected chi connectivity index (χ3v) is 8.11. The number of nitrogens with zero attached hydrogens (tertiary/aromatic N) is 1. The second-order valence-electron chi connectivity index (χ2n) is 5.45. The Morgan fingerprint density at radius 1 is 1.11 bits per heavy atom. The molecule has 2 atom stereocenters. The van der Waals surface area contributed by atoms with Gasteiger partial charge in [0.05, 0.1) is 0 Å². The molecule has 2 nitrogen and oxygen atoms in total. The van der Waals surface area contributed by atoms with Gasteiger partial charge in [0.2, 0.25) is 0 Å². The Morgan fingerprint density at radius 3 is 2.84 bits per heavy atom. The molecule has 0 aromatic heterocycles. The minimum absolute atomic E-state index is 0.0982. The van der Waals surface area contributed by atoms with Gasteiger partial charge < -0.3 is 0 Å². The van der Waals surface area contributed by atoms with Gasteiger partial charge in [0, 0.05) is 0 Å². The van der Waals surface area contributed by atoms with Gasteiger partial charge in [0.15, 0.2) is 0 Å². The third kappa shape index (κ3) is 1.59. The summed E-state index contributed by atoms with van der Waals surface area (Å²) in [7, 11) is 0. The van der Waals surface area contributed by atoms with Gasteiger partial charge in [-0.05, 0) is 0 Å². The summed E-state index contributed by atoms with van der Waals surface area (Å²) in [5.74, 6) is 0. The quantitative estimate of drug-likeness (QED) is 0.669. The van der Waals surface area contributed by atoms with Crippen LogP contribution in [0.2, 0.25) is 0 Å². The van der Waals surface area contributed by atoms with E-state index in [0.29, 0.717) is 26.6 Å². The van der Waals surface area contributed by atoms with Gasteiger partial charge in [0.1, 0.15) is 0 Å². The van der Waals surface area contributed by atoms with E-state index in [9.17, 15) is 0 Å². The number of para-hydroxylation sites is 2. The van der Waals surface area contributed by atoms with Crippen LogP contribution in [-0.2, 0) is 5.41 Å². The molecule has 2 aliphatic heterocycles. The molecule has 2 aromatic carbocycles. The first-order valence-electron chi connectivity index (χ1n) is 6.79. The van der Waals surface area contributed by atoms with Crippen molar-refractivity contribution in [2.75, 3.05) is 11.9 Å². The fourth-order valence-corrected chi connectivity index (χ4v) is 6.07. The van der Waals surface area contributed by atoms with E-state index in [1.54, 1.807) is 0 Å². The van der Waals surface area contributed by atoms with Gasteiger partial charge >= 0.3 is 125 Å². The molecule has 1 spiro atoms. The second-order valence-corrected chi connectivity index (χ2v) is 8.57. The van der Waals surface area contributed by atoms with Crippen LogP contribution in [0.25, 0.3) is 6.08 Å². The fourth-order valence-electron chi connectivity index (χ4n) is 3.33. The zero-order valence-electron chi connectivity index (χ0n) is 10.9. The summed E-state index contributed by atoms with van der Waals surface area (Å²) in [4.78, 5) is 5.00. The van der Waals surface area contributed by atoms with Crippen LogP contribution in [0, 0.1) is 0 Å². The second kappa shape index (κ2) is 4.10. The molecule has 2 heterocycles. The molecular weight excluding hydrogens is 339 g/mol. The molecule has 3 heteroatoms. The Kier molecular flexibility index (Phi) is 2.49. The minimum atomic E-state index is 0.0982. The standard InChI is InChI=1S/C16H13N2.Sn.3H/c1-3-7-14-12(5-1)9-16(10-17-14)11-18-15-8-4-2-6-13(15)16;;;;/h1-10,18H,11H2;;;;. The number of benzene rings is 2.